The van der Waals surface area contributed by atoms with Gasteiger partial charge in [0.2, 0.25) is 0 Å². The number of phenolic OH excluding ortho intramolecular Hbond substituents is 1. The van der Waals surface area contributed by atoms with Crippen LogP contribution in [0, 0.1) is 5.41 Å². The van der Waals surface area contributed by atoms with E-state index < -0.39 is 0 Å². The summed E-state index contributed by atoms with van der Waals surface area (Å²) in [5, 5.41) is 19.8. The number of carbonyl (C=O) groups excluding carboxylic acids is 1. The van der Waals surface area contributed by atoms with Crippen molar-refractivity contribution < 1.29 is 15.0 Å². The average Bonchev–Trinajstić information content (AvgIpc) is 2.49. The molecule has 2 atom stereocenters. The van der Waals surface area contributed by atoms with E-state index in [1.165, 1.54) is 0 Å². The van der Waals surface area contributed by atoms with Crippen molar-refractivity contribution in [2.24, 2.45) is 5.41 Å². The first-order chi connectivity index (χ1) is 10.4. The number of allylic oxidation sites excluding steroid dienone is 2. The maximum Gasteiger partial charge on any atom is 0.184 e. The van der Waals surface area contributed by atoms with Crippen molar-refractivity contribution in [3.05, 3.63) is 46.5 Å². The van der Waals surface area contributed by atoms with E-state index in [0.29, 0.717) is 6.42 Å². The van der Waals surface area contributed by atoms with Crippen molar-refractivity contribution >= 4 is 11.9 Å². The number of Topliss-reactive ketones (excluding diaryl/α,β-unsaturated/α-hetero) is 1. The first-order valence-electron chi connectivity index (χ1n) is 7.84. The molecular formula is C19H22O3. The number of rotatable bonds is 1. The van der Waals surface area contributed by atoms with E-state index in [-0.39, 0.29) is 23.1 Å². The minimum atomic E-state index is -0.387. The van der Waals surface area contributed by atoms with Gasteiger partial charge in [0.05, 0.1) is 6.10 Å². The average molecular weight is 298 g/mol. The topological polar surface area (TPSA) is 57.5 Å². The molecule has 0 heterocycles. The zero-order chi connectivity index (χ0) is 15.9. The highest BCUT2D eigenvalue weighted by Gasteiger charge is 2.45. The maximum absolute atomic E-state index is 12.6. The van der Waals surface area contributed by atoms with E-state index in [4.69, 9.17) is 0 Å². The van der Waals surface area contributed by atoms with Gasteiger partial charge >= 0.3 is 0 Å². The molecule has 1 aromatic rings. The summed E-state index contributed by atoms with van der Waals surface area (Å²) >= 11 is 0. The fraction of sp³-hybridized carbons (Fsp3) is 0.421. The Morgan fingerprint density at radius 3 is 2.64 bits per heavy atom. The van der Waals surface area contributed by atoms with Crippen LogP contribution >= 0.6 is 0 Å². The van der Waals surface area contributed by atoms with Gasteiger partial charge in [-0.05, 0) is 62.0 Å². The second-order valence-electron chi connectivity index (χ2n) is 6.70. The van der Waals surface area contributed by atoms with Gasteiger partial charge in [-0.25, -0.2) is 0 Å². The standard InChI is InChI=1S/C19H22O3/c1-12-16-4-3-5-17(21)19(16,2)11-14(18(12)22)10-13-6-8-15(20)9-7-13/h6-10,17,20-21H,3-5,11H2,1-2H3/t17-,19-/m0/s1. The van der Waals surface area contributed by atoms with Gasteiger partial charge in [-0.2, -0.15) is 0 Å². The second-order valence-corrected chi connectivity index (χ2v) is 6.70. The quantitative estimate of drug-likeness (QED) is 0.779. The van der Waals surface area contributed by atoms with E-state index >= 15 is 0 Å². The van der Waals surface area contributed by atoms with Crippen LogP contribution in [-0.2, 0) is 4.79 Å². The Morgan fingerprint density at radius 1 is 1.27 bits per heavy atom. The van der Waals surface area contributed by atoms with Gasteiger partial charge in [-0.15, -0.1) is 0 Å². The third kappa shape index (κ3) is 2.40. The number of ketones is 1. The van der Waals surface area contributed by atoms with Gasteiger partial charge in [-0.3, -0.25) is 4.79 Å². The molecule has 116 valence electrons. The highest BCUT2D eigenvalue weighted by molar-refractivity contribution is 6.12. The van der Waals surface area contributed by atoms with E-state index in [1.54, 1.807) is 24.3 Å². The molecule has 0 spiro atoms. The summed E-state index contributed by atoms with van der Waals surface area (Å²) in [5.41, 5.74) is 3.26. The Morgan fingerprint density at radius 2 is 1.95 bits per heavy atom. The smallest absolute Gasteiger partial charge is 0.184 e. The van der Waals surface area contributed by atoms with Crippen LogP contribution in [-0.4, -0.2) is 22.1 Å². The fourth-order valence-electron chi connectivity index (χ4n) is 3.86. The Kier molecular flexibility index (Phi) is 3.69. The zero-order valence-electron chi connectivity index (χ0n) is 13.1. The third-order valence-electron chi connectivity index (χ3n) is 5.21. The zero-order valence-corrected chi connectivity index (χ0v) is 13.1. The number of hydrogen-bond acceptors (Lipinski definition) is 3. The third-order valence-corrected chi connectivity index (χ3v) is 5.21. The van der Waals surface area contributed by atoms with E-state index in [0.717, 1.165) is 41.5 Å². The largest absolute Gasteiger partial charge is 0.508 e. The maximum atomic E-state index is 12.6. The molecule has 2 aliphatic rings. The number of hydrogen-bond donors (Lipinski definition) is 2. The number of aliphatic hydroxyl groups excluding tert-OH is 1. The van der Waals surface area contributed by atoms with Crippen molar-refractivity contribution in [2.75, 3.05) is 0 Å². The van der Waals surface area contributed by atoms with E-state index in [2.05, 4.69) is 6.92 Å². The molecule has 3 rings (SSSR count). The molecule has 0 saturated heterocycles. The van der Waals surface area contributed by atoms with Crippen molar-refractivity contribution in [3.63, 3.8) is 0 Å². The first-order valence-corrected chi connectivity index (χ1v) is 7.84. The lowest BCUT2D eigenvalue weighted by atomic mass is 9.61. The normalized spacial score (nSPS) is 30.6. The number of aromatic hydroxyl groups is 1. The molecule has 3 heteroatoms. The Labute approximate surface area is 131 Å². The molecule has 1 saturated carbocycles. The lowest BCUT2D eigenvalue weighted by molar-refractivity contribution is -0.113. The Balaban J connectivity index is 2.03. The van der Waals surface area contributed by atoms with Gasteiger partial charge in [-0.1, -0.05) is 24.6 Å². The molecule has 1 fully saturated rings. The number of benzene rings is 1. The second kappa shape index (κ2) is 5.40. The molecule has 1 aromatic carbocycles. The summed E-state index contributed by atoms with van der Waals surface area (Å²) in [6, 6.07) is 6.82. The molecule has 22 heavy (non-hydrogen) atoms. The van der Waals surface area contributed by atoms with Gasteiger partial charge in [0.1, 0.15) is 5.75 Å². The van der Waals surface area contributed by atoms with Gasteiger partial charge in [0, 0.05) is 11.0 Å². The summed E-state index contributed by atoms with van der Waals surface area (Å²) in [5.74, 6) is 0.305. The molecule has 0 unspecified atom stereocenters. The lowest BCUT2D eigenvalue weighted by Gasteiger charge is -2.45. The fourth-order valence-corrected chi connectivity index (χ4v) is 3.86. The van der Waals surface area contributed by atoms with Crippen LogP contribution in [0.25, 0.3) is 6.08 Å². The molecule has 0 aliphatic heterocycles. The van der Waals surface area contributed by atoms with Crippen molar-refractivity contribution in [1.82, 2.24) is 0 Å². The van der Waals surface area contributed by atoms with E-state index in [9.17, 15) is 15.0 Å². The van der Waals surface area contributed by atoms with Crippen LogP contribution in [0.2, 0.25) is 0 Å². The summed E-state index contributed by atoms with van der Waals surface area (Å²) < 4.78 is 0. The predicted octanol–water partition coefficient (Wildman–Crippen LogP) is 3.62. The first kappa shape index (κ1) is 15.0. The van der Waals surface area contributed by atoms with Crippen molar-refractivity contribution in [2.45, 2.75) is 45.6 Å². The van der Waals surface area contributed by atoms with Gasteiger partial charge in [0.25, 0.3) is 0 Å². The SMILES string of the molecule is CC1=C2CCC[C@H](O)[C@@]2(C)CC(=Cc2ccc(O)cc2)C1=O. The van der Waals surface area contributed by atoms with Crippen LogP contribution in [0.1, 0.15) is 45.1 Å². The van der Waals surface area contributed by atoms with Crippen LogP contribution in [0.5, 0.6) is 5.75 Å². The number of fused-ring (bicyclic) bond motifs is 1. The lowest BCUT2D eigenvalue weighted by Crippen LogP contribution is -2.42. The Bertz CT molecular complexity index is 666. The summed E-state index contributed by atoms with van der Waals surface area (Å²) in [4.78, 5) is 12.6. The minimum Gasteiger partial charge on any atom is -0.508 e. The molecule has 0 bridgehead atoms. The summed E-state index contributed by atoms with van der Waals surface area (Å²) in [7, 11) is 0. The van der Waals surface area contributed by atoms with Crippen LogP contribution in [0.15, 0.2) is 41.0 Å². The monoisotopic (exact) mass is 298 g/mol. The summed E-state index contributed by atoms with van der Waals surface area (Å²) in [6.45, 7) is 3.96. The van der Waals surface area contributed by atoms with Crippen LogP contribution in [0.3, 0.4) is 0 Å². The molecule has 2 aliphatic carbocycles. The van der Waals surface area contributed by atoms with Crippen molar-refractivity contribution in [3.8, 4) is 5.75 Å². The molecule has 3 nitrogen and oxygen atoms in total. The van der Waals surface area contributed by atoms with Crippen molar-refractivity contribution in [1.29, 1.82) is 0 Å². The predicted molar refractivity (Wildman–Crippen MR) is 86.4 cm³/mol. The Hall–Kier alpha value is -1.87. The van der Waals surface area contributed by atoms with Crippen LogP contribution in [0.4, 0.5) is 0 Å². The molecule has 0 amide bonds. The highest BCUT2D eigenvalue weighted by Crippen LogP contribution is 2.50. The van der Waals surface area contributed by atoms with E-state index in [1.807, 2.05) is 13.0 Å². The molecule has 2 N–H and O–H groups in total. The number of aliphatic hydroxyl groups is 1. The number of phenols is 1. The minimum absolute atomic E-state index is 0.0923. The number of carbonyl (C=O) groups is 1. The highest BCUT2D eigenvalue weighted by atomic mass is 16.3. The summed E-state index contributed by atoms with van der Waals surface area (Å²) in [6.07, 6.45) is 4.75. The van der Waals surface area contributed by atoms with Gasteiger partial charge in [0.15, 0.2) is 5.78 Å². The molecule has 0 aromatic heterocycles. The van der Waals surface area contributed by atoms with Gasteiger partial charge < -0.3 is 10.2 Å². The van der Waals surface area contributed by atoms with Crippen LogP contribution < -0.4 is 0 Å². The molecule has 0 radical (unpaired) electrons. The molecular weight excluding hydrogens is 276 g/mol.